The predicted octanol–water partition coefficient (Wildman–Crippen LogP) is 2.59. The highest BCUT2D eigenvalue weighted by molar-refractivity contribution is 6.06. The molecule has 12 heteroatoms. The number of pyridine rings is 1. The van der Waals surface area contributed by atoms with Crippen molar-refractivity contribution in [2.45, 2.75) is 29.8 Å². The van der Waals surface area contributed by atoms with E-state index in [0.717, 1.165) is 22.8 Å². The number of anilines is 2. The van der Waals surface area contributed by atoms with Crippen molar-refractivity contribution in [2.24, 2.45) is 0 Å². The van der Waals surface area contributed by atoms with E-state index in [1.165, 1.54) is 17.0 Å². The Morgan fingerprint density at radius 1 is 1.05 bits per heavy atom. The van der Waals surface area contributed by atoms with Gasteiger partial charge in [0.05, 0.1) is 37.9 Å². The van der Waals surface area contributed by atoms with Gasteiger partial charge in [0, 0.05) is 30.1 Å². The SMILES string of the molecule is CN1C[C@@H](c2cc(F)cc(F)c2)N(CC(=O)Nc2ccc3c(c2)C[C@@]2(C3)C(=O)Nc3ncccc32)C(=O)C12COCCOC2. The summed E-state index contributed by atoms with van der Waals surface area (Å²) < 4.78 is 40.0. The first-order valence-electron chi connectivity index (χ1n) is 14.5. The van der Waals surface area contributed by atoms with Gasteiger partial charge in [-0.25, -0.2) is 13.8 Å². The Hall–Kier alpha value is -4.26. The van der Waals surface area contributed by atoms with E-state index in [1.54, 1.807) is 24.2 Å². The summed E-state index contributed by atoms with van der Waals surface area (Å²) in [6.45, 7) is 0.608. The van der Waals surface area contributed by atoms with E-state index < -0.39 is 40.4 Å². The number of halogens is 2. The molecule has 1 aliphatic carbocycles. The van der Waals surface area contributed by atoms with Crippen LogP contribution in [0.3, 0.4) is 0 Å². The molecule has 44 heavy (non-hydrogen) atoms. The van der Waals surface area contributed by atoms with Crippen molar-refractivity contribution in [1.29, 1.82) is 0 Å². The second-order valence-electron chi connectivity index (χ2n) is 12.0. The molecule has 2 saturated heterocycles. The van der Waals surface area contributed by atoms with Gasteiger partial charge in [-0.1, -0.05) is 12.1 Å². The number of hydrogen-bond acceptors (Lipinski definition) is 7. The van der Waals surface area contributed by atoms with E-state index in [-0.39, 0.29) is 37.8 Å². The number of amides is 3. The molecule has 228 valence electrons. The minimum Gasteiger partial charge on any atom is -0.376 e. The van der Waals surface area contributed by atoms with Gasteiger partial charge >= 0.3 is 0 Å². The fourth-order valence-electron chi connectivity index (χ4n) is 7.03. The number of nitrogens with zero attached hydrogens (tertiary/aromatic N) is 3. The number of aromatic nitrogens is 1. The van der Waals surface area contributed by atoms with Crippen molar-refractivity contribution in [1.82, 2.24) is 14.8 Å². The average Bonchev–Trinajstić information content (AvgIpc) is 3.37. The summed E-state index contributed by atoms with van der Waals surface area (Å²) >= 11 is 0. The highest BCUT2D eigenvalue weighted by Crippen LogP contribution is 2.47. The van der Waals surface area contributed by atoms with Crippen LogP contribution in [0, 0.1) is 11.6 Å². The largest absolute Gasteiger partial charge is 0.376 e. The minimum absolute atomic E-state index is 0.0590. The molecular formula is C32H31F2N5O5. The minimum atomic E-state index is -1.19. The third-order valence-electron chi connectivity index (χ3n) is 9.31. The van der Waals surface area contributed by atoms with Crippen LogP contribution < -0.4 is 10.6 Å². The van der Waals surface area contributed by atoms with Crippen molar-refractivity contribution in [3.63, 3.8) is 0 Å². The molecule has 0 unspecified atom stereocenters. The number of nitrogens with one attached hydrogen (secondary N) is 2. The summed E-state index contributed by atoms with van der Waals surface area (Å²) in [5, 5.41) is 5.78. The van der Waals surface area contributed by atoms with Crippen LogP contribution in [0.5, 0.6) is 0 Å². The van der Waals surface area contributed by atoms with Gasteiger partial charge < -0.3 is 25.0 Å². The molecule has 2 aromatic carbocycles. The first kappa shape index (κ1) is 28.5. The zero-order valence-corrected chi connectivity index (χ0v) is 24.1. The quantitative estimate of drug-likeness (QED) is 0.472. The molecule has 4 aliphatic rings. The Kier molecular flexibility index (Phi) is 6.95. The Balaban J connectivity index is 1.14. The lowest BCUT2D eigenvalue weighted by molar-refractivity contribution is -0.164. The van der Waals surface area contributed by atoms with Gasteiger partial charge in [-0.05, 0) is 66.9 Å². The smallest absolute Gasteiger partial charge is 0.248 e. The lowest BCUT2D eigenvalue weighted by Gasteiger charge is -2.50. The maximum atomic E-state index is 14.3. The van der Waals surface area contributed by atoms with Crippen molar-refractivity contribution in [3.05, 3.63) is 88.6 Å². The number of hydrogen-bond donors (Lipinski definition) is 2. The molecule has 0 saturated carbocycles. The molecule has 2 N–H and O–H groups in total. The molecule has 3 amide bonds. The van der Waals surface area contributed by atoms with Gasteiger partial charge in [-0.3, -0.25) is 19.3 Å². The van der Waals surface area contributed by atoms with E-state index >= 15 is 0 Å². The molecule has 3 aromatic rings. The summed E-state index contributed by atoms with van der Waals surface area (Å²) in [6, 6.07) is 11.6. The van der Waals surface area contributed by atoms with Gasteiger partial charge in [0.1, 0.15) is 29.5 Å². The summed E-state index contributed by atoms with van der Waals surface area (Å²) in [6.07, 6.45) is 2.63. The topological polar surface area (TPSA) is 113 Å². The Bertz CT molecular complexity index is 1660. The molecule has 10 nitrogen and oxygen atoms in total. The predicted molar refractivity (Wildman–Crippen MR) is 155 cm³/mol. The molecular weight excluding hydrogens is 572 g/mol. The number of carbonyl (C=O) groups excluding carboxylic acids is 3. The van der Waals surface area contributed by atoms with E-state index in [2.05, 4.69) is 15.6 Å². The molecule has 7 rings (SSSR count). The lowest BCUT2D eigenvalue weighted by atomic mass is 9.79. The highest BCUT2D eigenvalue weighted by Gasteiger charge is 2.53. The first-order valence-corrected chi connectivity index (χ1v) is 14.5. The number of benzene rings is 2. The van der Waals surface area contributed by atoms with E-state index in [1.807, 2.05) is 24.3 Å². The molecule has 2 atom stereocenters. The maximum absolute atomic E-state index is 14.3. The van der Waals surface area contributed by atoms with E-state index in [4.69, 9.17) is 9.47 Å². The van der Waals surface area contributed by atoms with Crippen LogP contribution >= 0.6 is 0 Å². The Morgan fingerprint density at radius 3 is 2.52 bits per heavy atom. The number of fused-ring (bicyclic) bond motifs is 3. The van der Waals surface area contributed by atoms with Crippen molar-refractivity contribution in [2.75, 3.05) is 57.2 Å². The summed E-state index contributed by atoms with van der Waals surface area (Å²) in [7, 11) is 1.74. The van der Waals surface area contributed by atoms with Gasteiger partial charge in [0.2, 0.25) is 17.7 Å². The van der Waals surface area contributed by atoms with Crippen LogP contribution in [-0.4, -0.2) is 84.6 Å². The second kappa shape index (κ2) is 10.7. The van der Waals surface area contributed by atoms with Crippen molar-refractivity contribution in [3.8, 4) is 0 Å². The number of likely N-dealkylation sites (N-methyl/N-ethyl adjacent to an activating group) is 1. The first-order chi connectivity index (χ1) is 21.2. The van der Waals surface area contributed by atoms with Crippen LogP contribution in [0.2, 0.25) is 0 Å². The number of piperazine rings is 1. The van der Waals surface area contributed by atoms with Crippen LogP contribution in [0.4, 0.5) is 20.3 Å². The molecule has 2 fully saturated rings. The summed E-state index contributed by atoms with van der Waals surface area (Å²) in [4.78, 5) is 48.2. The van der Waals surface area contributed by atoms with Gasteiger partial charge in [0.15, 0.2) is 0 Å². The van der Waals surface area contributed by atoms with Crippen LogP contribution in [-0.2, 0) is 42.1 Å². The standard InChI is InChI=1S/C32H31F2N5O5/c1-38-15-26(20-9-22(33)12-23(34)10-20)39(30(42)32(38)17-43-7-8-44-18-32)16-27(40)36-24-5-4-19-13-31(14-21(19)11-24)25-3-2-6-35-28(25)37-29(31)41/h2-6,9-12,26H,7-8,13-18H2,1H3,(H,36,40)(H,35,37,41)/t26-,31+/m0/s1. The number of ether oxygens (including phenoxy) is 2. The zero-order valence-electron chi connectivity index (χ0n) is 24.1. The monoisotopic (exact) mass is 603 g/mol. The van der Waals surface area contributed by atoms with Gasteiger partial charge in [-0.2, -0.15) is 0 Å². The average molecular weight is 604 g/mol. The number of rotatable bonds is 4. The third-order valence-corrected chi connectivity index (χ3v) is 9.31. The molecule has 2 spiro atoms. The lowest BCUT2D eigenvalue weighted by Crippen LogP contribution is -2.69. The highest BCUT2D eigenvalue weighted by atomic mass is 19.1. The van der Waals surface area contributed by atoms with Gasteiger partial charge in [-0.15, -0.1) is 0 Å². The third kappa shape index (κ3) is 4.64. The molecule has 1 aromatic heterocycles. The molecule has 0 bridgehead atoms. The van der Waals surface area contributed by atoms with Crippen molar-refractivity contribution < 1.29 is 32.6 Å². The zero-order chi connectivity index (χ0) is 30.6. The number of carbonyl (C=O) groups is 3. The Morgan fingerprint density at radius 2 is 1.77 bits per heavy atom. The normalized spacial score (nSPS) is 24.2. The van der Waals surface area contributed by atoms with Crippen LogP contribution in [0.1, 0.15) is 28.3 Å². The van der Waals surface area contributed by atoms with Crippen LogP contribution in [0.25, 0.3) is 0 Å². The van der Waals surface area contributed by atoms with E-state index in [0.29, 0.717) is 37.6 Å². The fraction of sp³-hybridized carbons (Fsp3) is 0.375. The molecule has 3 aliphatic heterocycles. The summed E-state index contributed by atoms with van der Waals surface area (Å²) in [5.41, 5.74) is 1.63. The molecule has 4 heterocycles. The molecule has 0 radical (unpaired) electrons. The fourth-order valence-corrected chi connectivity index (χ4v) is 7.03. The van der Waals surface area contributed by atoms with E-state index in [9.17, 15) is 23.2 Å². The van der Waals surface area contributed by atoms with Crippen LogP contribution in [0.15, 0.2) is 54.7 Å². The van der Waals surface area contributed by atoms with Crippen molar-refractivity contribution >= 4 is 29.2 Å². The second-order valence-corrected chi connectivity index (χ2v) is 12.0. The summed E-state index contributed by atoms with van der Waals surface area (Å²) in [5.74, 6) is -1.96. The maximum Gasteiger partial charge on any atom is 0.248 e. The van der Waals surface area contributed by atoms with Gasteiger partial charge in [0.25, 0.3) is 0 Å². The Labute approximate surface area is 252 Å².